The molecule has 2 fully saturated rings. The number of hydrogen-bond donors (Lipinski definition) is 1. The second-order valence-electron chi connectivity index (χ2n) is 5.63. The van der Waals surface area contributed by atoms with Gasteiger partial charge in [0.25, 0.3) is 0 Å². The van der Waals surface area contributed by atoms with Crippen LogP contribution < -0.4 is 5.32 Å². The van der Waals surface area contributed by atoms with Gasteiger partial charge < -0.3 is 10.2 Å². The minimum absolute atomic E-state index is 0.777. The maximum atomic E-state index is 3.53. The molecule has 1 saturated carbocycles. The molecule has 0 bridgehead atoms. The SMILES string of the molecule is CC1CCNCC1N(C)CC1CCCC1. The summed E-state index contributed by atoms with van der Waals surface area (Å²) < 4.78 is 0. The van der Waals surface area contributed by atoms with Crippen LogP contribution in [0.4, 0.5) is 0 Å². The first-order valence-electron chi connectivity index (χ1n) is 6.68. The fraction of sp³-hybridized carbons (Fsp3) is 1.00. The second kappa shape index (κ2) is 5.31. The summed E-state index contributed by atoms with van der Waals surface area (Å²) in [7, 11) is 2.33. The van der Waals surface area contributed by atoms with Crippen molar-refractivity contribution in [3.8, 4) is 0 Å². The lowest BCUT2D eigenvalue weighted by Gasteiger charge is -2.37. The summed E-state index contributed by atoms with van der Waals surface area (Å²) in [5.74, 6) is 1.86. The first kappa shape index (κ1) is 11.4. The maximum Gasteiger partial charge on any atom is 0.0243 e. The van der Waals surface area contributed by atoms with Gasteiger partial charge in [0.2, 0.25) is 0 Å². The lowest BCUT2D eigenvalue weighted by Crippen LogP contribution is -2.49. The summed E-state index contributed by atoms with van der Waals surface area (Å²) in [6, 6.07) is 0.777. The molecule has 2 heteroatoms. The third-order valence-electron chi connectivity index (χ3n) is 4.37. The Kier molecular flexibility index (Phi) is 4.04. The van der Waals surface area contributed by atoms with E-state index in [-0.39, 0.29) is 0 Å². The molecule has 0 aromatic rings. The summed E-state index contributed by atoms with van der Waals surface area (Å²) in [6.07, 6.45) is 7.23. The van der Waals surface area contributed by atoms with Crippen molar-refractivity contribution < 1.29 is 0 Å². The third kappa shape index (κ3) is 2.94. The van der Waals surface area contributed by atoms with E-state index in [9.17, 15) is 0 Å². The van der Waals surface area contributed by atoms with Crippen LogP contribution in [0.2, 0.25) is 0 Å². The molecule has 0 radical (unpaired) electrons. The fourth-order valence-corrected chi connectivity index (χ4v) is 3.30. The van der Waals surface area contributed by atoms with Gasteiger partial charge in [0.05, 0.1) is 0 Å². The Hall–Kier alpha value is -0.0800. The van der Waals surface area contributed by atoms with Gasteiger partial charge in [0.1, 0.15) is 0 Å². The number of likely N-dealkylation sites (N-methyl/N-ethyl adjacent to an activating group) is 1. The molecular formula is C13H26N2. The molecule has 2 aliphatic rings. The van der Waals surface area contributed by atoms with Crippen LogP contribution in [-0.2, 0) is 0 Å². The smallest absolute Gasteiger partial charge is 0.0243 e. The van der Waals surface area contributed by atoms with E-state index in [0.29, 0.717) is 0 Å². The molecule has 2 nitrogen and oxygen atoms in total. The average molecular weight is 210 g/mol. The van der Waals surface area contributed by atoms with Crippen molar-refractivity contribution in [2.75, 3.05) is 26.7 Å². The Bertz CT molecular complexity index is 187. The Morgan fingerprint density at radius 3 is 2.60 bits per heavy atom. The molecule has 0 aromatic heterocycles. The first-order valence-corrected chi connectivity index (χ1v) is 6.68. The highest BCUT2D eigenvalue weighted by atomic mass is 15.2. The third-order valence-corrected chi connectivity index (χ3v) is 4.37. The minimum atomic E-state index is 0.777. The summed E-state index contributed by atoms with van der Waals surface area (Å²) >= 11 is 0. The molecule has 88 valence electrons. The monoisotopic (exact) mass is 210 g/mol. The van der Waals surface area contributed by atoms with Crippen LogP contribution in [0.15, 0.2) is 0 Å². The maximum absolute atomic E-state index is 3.53. The molecule has 2 rings (SSSR count). The summed E-state index contributed by atoms with van der Waals surface area (Å²) in [4.78, 5) is 2.62. The Balaban J connectivity index is 1.80. The largest absolute Gasteiger partial charge is 0.315 e. The second-order valence-corrected chi connectivity index (χ2v) is 5.63. The molecule has 1 aliphatic heterocycles. The van der Waals surface area contributed by atoms with Crippen LogP contribution >= 0.6 is 0 Å². The molecule has 0 amide bonds. The zero-order valence-corrected chi connectivity index (χ0v) is 10.3. The Morgan fingerprint density at radius 2 is 1.93 bits per heavy atom. The van der Waals surface area contributed by atoms with Gasteiger partial charge in [-0.05, 0) is 44.7 Å². The highest BCUT2D eigenvalue weighted by Crippen LogP contribution is 2.27. The van der Waals surface area contributed by atoms with Gasteiger partial charge >= 0.3 is 0 Å². The highest BCUT2D eigenvalue weighted by molar-refractivity contribution is 4.83. The van der Waals surface area contributed by atoms with E-state index in [1.165, 1.54) is 51.7 Å². The first-order chi connectivity index (χ1) is 7.27. The summed E-state index contributed by atoms with van der Waals surface area (Å²) in [5, 5.41) is 3.53. The van der Waals surface area contributed by atoms with E-state index in [1.807, 2.05) is 0 Å². The molecule has 1 N–H and O–H groups in total. The van der Waals surface area contributed by atoms with E-state index in [2.05, 4.69) is 24.2 Å². The van der Waals surface area contributed by atoms with E-state index < -0.39 is 0 Å². The number of nitrogens with zero attached hydrogens (tertiary/aromatic N) is 1. The quantitative estimate of drug-likeness (QED) is 0.767. The number of rotatable bonds is 3. The van der Waals surface area contributed by atoms with E-state index >= 15 is 0 Å². The van der Waals surface area contributed by atoms with E-state index in [4.69, 9.17) is 0 Å². The van der Waals surface area contributed by atoms with Gasteiger partial charge in [-0.3, -0.25) is 0 Å². The molecule has 2 unspecified atom stereocenters. The summed E-state index contributed by atoms with van der Waals surface area (Å²) in [5.41, 5.74) is 0. The van der Waals surface area contributed by atoms with Crippen molar-refractivity contribution in [1.29, 1.82) is 0 Å². The average Bonchev–Trinajstić information content (AvgIpc) is 2.71. The van der Waals surface area contributed by atoms with Crippen molar-refractivity contribution in [1.82, 2.24) is 10.2 Å². The van der Waals surface area contributed by atoms with Gasteiger partial charge in [-0.15, -0.1) is 0 Å². The molecule has 1 heterocycles. The van der Waals surface area contributed by atoms with Crippen LogP contribution in [0.5, 0.6) is 0 Å². The number of piperidine rings is 1. The van der Waals surface area contributed by atoms with Crippen LogP contribution in [0, 0.1) is 11.8 Å². The van der Waals surface area contributed by atoms with Crippen LogP contribution in [0.1, 0.15) is 39.0 Å². The molecule has 1 saturated heterocycles. The standard InChI is InChI=1S/C13H26N2/c1-11-7-8-14-9-13(11)15(2)10-12-5-3-4-6-12/h11-14H,3-10H2,1-2H3. The lowest BCUT2D eigenvalue weighted by atomic mass is 9.93. The normalized spacial score (nSPS) is 33.8. The molecule has 2 atom stereocenters. The Labute approximate surface area is 94.4 Å². The van der Waals surface area contributed by atoms with Crippen molar-refractivity contribution in [2.45, 2.75) is 45.1 Å². The molecule has 0 spiro atoms. The fourth-order valence-electron chi connectivity index (χ4n) is 3.30. The van der Waals surface area contributed by atoms with Gasteiger partial charge in [-0.25, -0.2) is 0 Å². The van der Waals surface area contributed by atoms with Gasteiger partial charge in [0, 0.05) is 19.1 Å². The van der Waals surface area contributed by atoms with Crippen LogP contribution in [0.25, 0.3) is 0 Å². The Morgan fingerprint density at radius 1 is 1.20 bits per heavy atom. The number of hydrogen-bond acceptors (Lipinski definition) is 2. The number of nitrogens with one attached hydrogen (secondary N) is 1. The predicted octanol–water partition coefficient (Wildman–Crippen LogP) is 2.11. The van der Waals surface area contributed by atoms with Crippen LogP contribution in [-0.4, -0.2) is 37.6 Å². The predicted molar refractivity (Wildman–Crippen MR) is 65.0 cm³/mol. The molecule has 15 heavy (non-hydrogen) atoms. The van der Waals surface area contributed by atoms with Crippen molar-refractivity contribution in [3.05, 3.63) is 0 Å². The lowest BCUT2D eigenvalue weighted by molar-refractivity contribution is 0.133. The van der Waals surface area contributed by atoms with Crippen molar-refractivity contribution in [3.63, 3.8) is 0 Å². The zero-order valence-electron chi connectivity index (χ0n) is 10.3. The van der Waals surface area contributed by atoms with E-state index in [0.717, 1.165) is 17.9 Å². The van der Waals surface area contributed by atoms with Gasteiger partial charge in [-0.2, -0.15) is 0 Å². The zero-order chi connectivity index (χ0) is 10.7. The molecule has 1 aliphatic carbocycles. The van der Waals surface area contributed by atoms with E-state index in [1.54, 1.807) is 0 Å². The highest BCUT2D eigenvalue weighted by Gasteiger charge is 2.27. The van der Waals surface area contributed by atoms with Gasteiger partial charge in [0.15, 0.2) is 0 Å². The van der Waals surface area contributed by atoms with Gasteiger partial charge in [-0.1, -0.05) is 19.8 Å². The molecular weight excluding hydrogens is 184 g/mol. The topological polar surface area (TPSA) is 15.3 Å². The minimum Gasteiger partial charge on any atom is -0.315 e. The summed E-state index contributed by atoms with van der Waals surface area (Å²) in [6.45, 7) is 6.16. The van der Waals surface area contributed by atoms with Crippen LogP contribution in [0.3, 0.4) is 0 Å². The van der Waals surface area contributed by atoms with Crippen molar-refractivity contribution in [2.24, 2.45) is 11.8 Å². The molecule has 0 aromatic carbocycles. The van der Waals surface area contributed by atoms with Crippen molar-refractivity contribution >= 4 is 0 Å².